The fraction of sp³-hybridized carbons (Fsp3) is 0.778. The summed E-state index contributed by atoms with van der Waals surface area (Å²) in [7, 11) is 2.19. The summed E-state index contributed by atoms with van der Waals surface area (Å²) in [6.07, 6.45) is 5.78. The van der Waals surface area contributed by atoms with Crippen molar-refractivity contribution in [2.45, 2.75) is 57.5 Å². The highest BCUT2D eigenvalue weighted by atomic mass is 35.5. The van der Waals surface area contributed by atoms with Crippen molar-refractivity contribution < 1.29 is 4.79 Å². The molecule has 140 valence electrons. The lowest BCUT2D eigenvalue weighted by Crippen LogP contribution is -2.60. The van der Waals surface area contributed by atoms with Gasteiger partial charge in [-0.25, -0.2) is 4.98 Å². The van der Waals surface area contributed by atoms with Crippen molar-refractivity contribution in [2.75, 3.05) is 33.2 Å². The molecule has 25 heavy (non-hydrogen) atoms. The monoisotopic (exact) mass is 367 g/mol. The van der Waals surface area contributed by atoms with Gasteiger partial charge in [-0.2, -0.15) is 0 Å². The van der Waals surface area contributed by atoms with Gasteiger partial charge in [0, 0.05) is 51.1 Å². The molecular weight excluding hydrogens is 338 g/mol. The molecule has 1 aromatic rings. The Balaban J connectivity index is 1.67. The molecule has 0 bridgehead atoms. The van der Waals surface area contributed by atoms with Gasteiger partial charge >= 0.3 is 0 Å². The molecule has 2 saturated heterocycles. The zero-order valence-electron chi connectivity index (χ0n) is 15.4. The van der Waals surface area contributed by atoms with Crippen molar-refractivity contribution in [1.29, 1.82) is 0 Å². The summed E-state index contributed by atoms with van der Waals surface area (Å²) >= 11 is 6.36. The second kappa shape index (κ2) is 8.06. The Morgan fingerprint density at radius 2 is 2.16 bits per heavy atom. The first kappa shape index (κ1) is 18.7. The van der Waals surface area contributed by atoms with Crippen LogP contribution in [0.3, 0.4) is 0 Å². The van der Waals surface area contributed by atoms with Crippen LogP contribution in [0.4, 0.5) is 0 Å². The van der Waals surface area contributed by atoms with Gasteiger partial charge in [0.05, 0.1) is 5.69 Å². The van der Waals surface area contributed by atoms with Crippen LogP contribution in [-0.4, -0.2) is 64.4 Å². The van der Waals surface area contributed by atoms with Crippen molar-refractivity contribution in [2.24, 2.45) is 0 Å². The number of aromatic amines is 1. The fourth-order valence-corrected chi connectivity index (χ4v) is 4.25. The average molecular weight is 368 g/mol. The topological polar surface area (TPSA) is 64.3 Å². The maximum Gasteiger partial charge on any atom is 0.220 e. The van der Waals surface area contributed by atoms with Crippen LogP contribution in [-0.2, 0) is 17.8 Å². The van der Waals surface area contributed by atoms with Crippen molar-refractivity contribution in [1.82, 2.24) is 25.1 Å². The Kier molecular flexibility index (Phi) is 6.02. The molecule has 6 nitrogen and oxygen atoms in total. The largest absolute Gasteiger partial charge is 0.356 e. The molecule has 0 radical (unpaired) electrons. The summed E-state index contributed by atoms with van der Waals surface area (Å²) in [5.41, 5.74) is 1.10. The number of hydrogen-bond donors (Lipinski definition) is 2. The van der Waals surface area contributed by atoms with Crippen LogP contribution in [0.2, 0.25) is 5.15 Å². The first-order valence-electron chi connectivity index (χ1n) is 9.46. The number of H-pyrrole nitrogens is 1. The van der Waals surface area contributed by atoms with Gasteiger partial charge in [-0.15, -0.1) is 0 Å². The number of likely N-dealkylation sites (N-methyl/N-ethyl adjacent to an activating group) is 1. The average Bonchev–Trinajstić information content (AvgIpc) is 2.82. The van der Waals surface area contributed by atoms with Crippen molar-refractivity contribution in [3.8, 4) is 0 Å². The van der Waals surface area contributed by atoms with Crippen LogP contribution in [0, 0.1) is 0 Å². The maximum absolute atomic E-state index is 11.7. The number of hydrogen-bond acceptors (Lipinski definition) is 4. The van der Waals surface area contributed by atoms with E-state index in [4.69, 9.17) is 11.6 Å². The highest BCUT2D eigenvalue weighted by molar-refractivity contribution is 6.30. The molecule has 2 aliphatic heterocycles. The molecular formula is C18H30ClN5O. The number of nitrogens with one attached hydrogen (secondary N) is 2. The number of piperazine rings is 1. The SMILES string of the molecule is CCCCc1nc(Cl)c(CN2CCN(C)[C@]3(CCNC(=O)CC3)C2)[nH]1. The van der Waals surface area contributed by atoms with E-state index in [2.05, 4.69) is 39.1 Å². The van der Waals surface area contributed by atoms with Crippen LogP contribution >= 0.6 is 11.6 Å². The number of rotatable bonds is 5. The second-order valence-corrected chi connectivity index (χ2v) is 7.87. The number of carbonyl (C=O) groups excluding carboxylic acids is 1. The molecule has 3 rings (SSSR count). The minimum absolute atomic E-state index is 0.0783. The lowest BCUT2D eigenvalue weighted by atomic mass is 9.86. The second-order valence-electron chi connectivity index (χ2n) is 7.51. The molecule has 2 fully saturated rings. The smallest absolute Gasteiger partial charge is 0.220 e. The lowest BCUT2D eigenvalue weighted by Gasteiger charge is -2.49. The van der Waals surface area contributed by atoms with Crippen LogP contribution in [0.1, 0.15) is 50.5 Å². The van der Waals surface area contributed by atoms with Crippen LogP contribution in [0.15, 0.2) is 0 Å². The molecule has 1 amide bonds. The Labute approximate surface area is 155 Å². The Morgan fingerprint density at radius 3 is 2.96 bits per heavy atom. The predicted octanol–water partition coefficient (Wildman–Crippen LogP) is 2.19. The summed E-state index contributed by atoms with van der Waals surface area (Å²) in [5, 5.41) is 3.62. The summed E-state index contributed by atoms with van der Waals surface area (Å²) in [4.78, 5) is 24.6. The molecule has 7 heteroatoms. The predicted molar refractivity (Wildman–Crippen MR) is 99.7 cm³/mol. The molecule has 2 N–H and O–H groups in total. The summed E-state index contributed by atoms with van der Waals surface area (Å²) in [6.45, 7) is 6.75. The number of aromatic nitrogens is 2. The molecule has 1 aromatic heterocycles. The van der Waals surface area contributed by atoms with E-state index in [0.29, 0.717) is 11.6 Å². The Hall–Kier alpha value is -1.11. The van der Waals surface area contributed by atoms with E-state index in [1.54, 1.807) is 0 Å². The number of halogens is 1. The van der Waals surface area contributed by atoms with Crippen LogP contribution in [0.25, 0.3) is 0 Å². The van der Waals surface area contributed by atoms with E-state index in [1.165, 1.54) is 0 Å². The van der Waals surface area contributed by atoms with E-state index in [0.717, 1.165) is 76.3 Å². The third kappa shape index (κ3) is 4.36. The van der Waals surface area contributed by atoms with Gasteiger partial charge < -0.3 is 10.3 Å². The minimum atomic E-state index is 0.0783. The van der Waals surface area contributed by atoms with Gasteiger partial charge in [-0.05, 0) is 26.3 Å². The first-order valence-corrected chi connectivity index (χ1v) is 9.84. The Morgan fingerprint density at radius 1 is 1.32 bits per heavy atom. The molecule has 0 unspecified atom stereocenters. The fourth-order valence-electron chi connectivity index (χ4n) is 4.04. The van der Waals surface area contributed by atoms with Gasteiger partial charge in [0.2, 0.25) is 5.91 Å². The summed E-state index contributed by atoms with van der Waals surface area (Å²) in [5.74, 6) is 1.18. The number of imidazole rings is 1. The molecule has 0 aromatic carbocycles. The van der Waals surface area contributed by atoms with Gasteiger partial charge in [-0.1, -0.05) is 24.9 Å². The van der Waals surface area contributed by atoms with E-state index < -0.39 is 0 Å². The number of carbonyl (C=O) groups is 1. The van der Waals surface area contributed by atoms with Crippen LogP contribution < -0.4 is 5.32 Å². The highest BCUT2D eigenvalue weighted by Gasteiger charge is 2.40. The summed E-state index contributed by atoms with van der Waals surface area (Å²) in [6, 6.07) is 0. The molecule has 2 aliphatic rings. The normalized spacial score (nSPS) is 26.0. The third-order valence-corrected chi connectivity index (χ3v) is 6.05. The van der Waals surface area contributed by atoms with E-state index >= 15 is 0 Å². The van der Waals surface area contributed by atoms with Crippen LogP contribution in [0.5, 0.6) is 0 Å². The lowest BCUT2D eigenvalue weighted by molar-refractivity contribution is -0.121. The maximum atomic E-state index is 11.7. The molecule has 0 saturated carbocycles. The van der Waals surface area contributed by atoms with Crippen molar-refractivity contribution >= 4 is 17.5 Å². The zero-order chi connectivity index (χ0) is 17.9. The number of aryl methyl sites for hydroxylation is 1. The number of nitrogens with zero attached hydrogens (tertiary/aromatic N) is 3. The number of amides is 1. The zero-order valence-corrected chi connectivity index (χ0v) is 16.2. The van der Waals surface area contributed by atoms with Gasteiger partial charge in [0.1, 0.15) is 5.82 Å². The molecule has 1 spiro atoms. The van der Waals surface area contributed by atoms with E-state index in [1.807, 2.05) is 0 Å². The van der Waals surface area contributed by atoms with Gasteiger partial charge in [-0.3, -0.25) is 14.6 Å². The van der Waals surface area contributed by atoms with E-state index in [-0.39, 0.29) is 11.4 Å². The summed E-state index contributed by atoms with van der Waals surface area (Å²) < 4.78 is 0. The van der Waals surface area contributed by atoms with Crippen molar-refractivity contribution in [3.05, 3.63) is 16.7 Å². The van der Waals surface area contributed by atoms with Crippen molar-refractivity contribution in [3.63, 3.8) is 0 Å². The minimum Gasteiger partial charge on any atom is -0.356 e. The number of unbranched alkanes of at least 4 members (excludes halogenated alkanes) is 1. The van der Waals surface area contributed by atoms with Gasteiger partial charge in [0.25, 0.3) is 0 Å². The van der Waals surface area contributed by atoms with E-state index in [9.17, 15) is 4.79 Å². The highest BCUT2D eigenvalue weighted by Crippen LogP contribution is 2.31. The first-order chi connectivity index (χ1) is 12.0. The third-order valence-electron chi connectivity index (χ3n) is 5.74. The molecule has 3 heterocycles. The van der Waals surface area contributed by atoms with Gasteiger partial charge in [0.15, 0.2) is 5.15 Å². The quantitative estimate of drug-likeness (QED) is 0.837. The Bertz CT molecular complexity index is 604. The molecule has 1 atom stereocenters. The standard InChI is InChI=1S/C18H30ClN5O/c1-3-4-5-15-21-14(17(19)22-15)12-24-11-10-23(2)18(13-24)7-6-16(25)20-9-8-18/h3-13H2,1-2H3,(H,20,25)(H,21,22)/t18-/m1/s1. The molecule has 0 aliphatic carbocycles.